The average Bonchev–Trinajstić information content (AvgIpc) is 3.06. The molecule has 0 aliphatic carbocycles. The van der Waals surface area contributed by atoms with Gasteiger partial charge in [0.05, 0.1) is 28.5 Å². The van der Waals surface area contributed by atoms with Gasteiger partial charge in [0.1, 0.15) is 11.4 Å². The largest absolute Gasteiger partial charge is 0.497 e. The van der Waals surface area contributed by atoms with Crippen LogP contribution in [-0.4, -0.2) is 23.2 Å². The zero-order valence-corrected chi connectivity index (χ0v) is 16.5. The number of hydrogen-bond acceptors (Lipinski definition) is 3. The lowest BCUT2D eigenvalue weighted by molar-refractivity contribution is 0.102. The van der Waals surface area contributed by atoms with E-state index in [1.54, 1.807) is 25.3 Å². The van der Waals surface area contributed by atoms with E-state index < -0.39 is 0 Å². The molecule has 3 rings (SSSR count). The summed E-state index contributed by atoms with van der Waals surface area (Å²) in [5, 5.41) is 11.2. The molecular weight excluding hydrogens is 385 g/mol. The molecule has 7 heteroatoms. The summed E-state index contributed by atoms with van der Waals surface area (Å²) in [7, 11) is 1.61. The molecule has 0 bridgehead atoms. The van der Waals surface area contributed by atoms with Crippen LogP contribution in [-0.2, 0) is 6.42 Å². The summed E-state index contributed by atoms with van der Waals surface area (Å²) in [4.78, 5) is 12.8. The Labute approximate surface area is 167 Å². The Morgan fingerprint density at radius 3 is 2.70 bits per heavy atom. The van der Waals surface area contributed by atoms with E-state index in [4.69, 9.17) is 27.9 Å². The van der Waals surface area contributed by atoms with Crippen molar-refractivity contribution in [2.45, 2.75) is 19.8 Å². The van der Waals surface area contributed by atoms with E-state index in [0.29, 0.717) is 32.7 Å². The fourth-order valence-electron chi connectivity index (χ4n) is 2.75. The van der Waals surface area contributed by atoms with Crippen LogP contribution in [0.2, 0.25) is 10.0 Å². The number of benzene rings is 2. The minimum absolute atomic E-state index is 0.281. The highest BCUT2D eigenvalue weighted by atomic mass is 35.5. The van der Waals surface area contributed by atoms with Gasteiger partial charge in [0.25, 0.3) is 5.91 Å². The van der Waals surface area contributed by atoms with Crippen LogP contribution in [0.1, 0.15) is 29.4 Å². The maximum absolute atomic E-state index is 12.8. The van der Waals surface area contributed by atoms with Gasteiger partial charge in [-0.05, 0) is 36.8 Å². The molecule has 27 heavy (non-hydrogen) atoms. The summed E-state index contributed by atoms with van der Waals surface area (Å²) in [6.07, 6.45) is 1.67. The summed E-state index contributed by atoms with van der Waals surface area (Å²) in [5.74, 6) is 0.436. The molecular formula is C20H19Cl2N3O2. The quantitative estimate of drug-likeness (QED) is 0.562. The van der Waals surface area contributed by atoms with E-state index in [2.05, 4.69) is 22.4 Å². The van der Waals surface area contributed by atoms with Gasteiger partial charge in [-0.15, -0.1) is 0 Å². The lowest BCUT2D eigenvalue weighted by Crippen LogP contribution is -2.13. The van der Waals surface area contributed by atoms with Crippen LogP contribution in [0.5, 0.6) is 5.75 Å². The first kappa shape index (κ1) is 19.3. The fourth-order valence-corrected chi connectivity index (χ4v) is 3.04. The lowest BCUT2D eigenvalue weighted by Gasteiger charge is -2.10. The zero-order valence-electron chi connectivity index (χ0n) is 15.0. The Balaban J connectivity index is 1.98. The smallest absolute Gasteiger partial charge is 0.255 e. The molecule has 140 valence electrons. The number of ether oxygens (including phenoxy) is 1. The molecule has 3 aromatic rings. The monoisotopic (exact) mass is 403 g/mol. The number of nitrogens with zero attached hydrogens (tertiary/aromatic N) is 1. The van der Waals surface area contributed by atoms with Crippen LogP contribution in [0.3, 0.4) is 0 Å². The van der Waals surface area contributed by atoms with Gasteiger partial charge in [0.15, 0.2) is 0 Å². The standard InChI is InChI=1S/C20H19Cl2N3O2/c1-3-5-17-19(23-20(26)13-8-9-15(21)16(22)11-13)18(25-24-17)12-6-4-7-14(10-12)27-2/h4,6-11H,3,5H2,1-2H3,(H,23,26)(H,24,25). The van der Waals surface area contributed by atoms with Crippen LogP contribution in [0.4, 0.5) is 5.69 Å². The molecule has 1 heterocycles. The number of hydrogen-bond donors (Lipinski definition) is 2. The maximum Gasteiger partial charge on any atom is 0.255 e. The lowest BCUT2D eigenvalue weighted by atomic mass is 10.1. The van der Waals surface area contributed by atoms with Crippen molar-refractivity contribution in [3.8, 4) is 17.0 Å². The fraction of sp³-hybridized carbons (Fsp3) is 0.200. The van der Waals surface area contributed by atoms with Gasteiger partial charge in [-0.1, -0.05) is 48.7 Å². The van der Waals surface area contributed by atoms with Gasteiger partial charge in [0.2, 0.25) is 0 Å². The summed E-state index contributed by atoms with van der Waals surface area (Å²) in [6, 6.07) is 12.3. The van der Waals surface area contributed by atoms with E-state index in [1.165, 1.54) is 0 Å². The predicted molar refractivity (Wildman–Crippen MR) is 109 cm³/mol. The van der Waals surface area contributed by atoms with E-state index >= 15 is 0 Å². The second kappa shape index (κ2) is 8.46. The molecule has 0 spiro atoms. The zero-order chi connectivity index (χ0) is 19.4. The minimum atomic E-state index is -0.281. The van der Waals surface area contributed by atoms with Crippen molar-refractivity contribution in [3.63, 3.8) is 0 Å². The average molecular weight is 404 g/mol. The number of rotatable bonds is 6. The first-order chi connectivity index (χ1) is 13.0. The molecule has 2 N–H and O–H groups in total. The Hall–Kier alpha value is -2.50. The summed E-state index contributed by atoms with van der Waals surface area (Å²) < 4.78 is 5.29. The number of carbonyl (C=O) groups is 1. The van der Waals surface area contributed by atoms with Crippen LogP contribution in [0.25, 0.3) is 11.3 Å². The number of anilines is 1. The number of nitrogens with one attached hydrogen (secondary N) is 2. The third kappa shape index (κ3) is 4.26. The van der Waals surface area contributed by atoms with Crippen molar-refractivity contribution in [3.05, 3.63) is 63.8 Å². The molecule has 0 aliphatic heterocycles. The maximum atomic E-state index is 12.8. The molecule has 0 aliphatic rings. The highest BCUT2D eigenvalue weighted by Gasteiger charge is 2.18. The number of aromatic nitrogens is 2. The molecule has 5 nitrogen and oxygen atoms in total. The van der Waals surface area contributed by atoms with Gasteiger partial charge in [-0.2, -0.15) is 5.10 Å². The highest BCUT2D eigenvalue weighted by molar-refractivity contribution is 6.42. The number of amides is 1. The number of H-pyrrole nitrogens is 1. The summed E-state index contributed by atoms with van der Waals surface area (Å²) in [5.41, 5.74) is 3.44. The molecule has 1 amide bonds. The first-order valence-corrected chi connectivity index (χ1v) is 9.27. The number of carbonyl (C=O) groups excluding carboxylic acids is 1. The first-order valence-electron chi connectivity index (χ1n) is 8.51. The van der Waals surface area contributed by atoms with Crippen molar-refractivity contribution >= 4 is 34.8 Å². The number of aryl methyl sites for hydroxylation is 1. The van der Waals surface area contributed by atoms with E-state index in [-0.39, 0.29) is 5.91 Å². The molecule has 1 aromatic heterocycles. The second-order valence-electron chi connectivity index (χ2n) is 5.99. The van der Waals surface area contributed by atoms with Crippen LogP contribution < -0.4 is 10.1 Å². The van der Waals surface area contributed by atoms with Gasteiger partial charge in [0, 0.05) is 11.1 Å². The molecule has 0 saturated carbocycles. The van der Waals surface area contributed by atoms with E-state index in [9.17, 15) is 4.79 Å². The Bertz CT molecular complexity index is 970. The highest BCUT2D eigenvalue weighted by Crippen LogP contribution is 2.32. The predicted octanol–water partition coefficient (Wildman–Crippen LogP) is 5.60. The number of halogens is 2. The van der Waals surface area contributed by atoms with Crippen molar-refractivity contribution in [2.24, 2.45) is 0 Å². The normalized spacial score (nSPS) is 10.7. The Kier molecular flexibility index (Phi) is 6.04. The van der Waals surface area contributed by atoms with Gasteiger partial charge < -0.3 is 10.1 Å². The topological polar surface area (TPSA) is 67.0 Å². The number of aromatic amines is 1. The van der Waals surface area contributed by atoms with Crippen molar-refractivity contribution in [1.29, 1.82) is 0 Å². The summed E-state index contributed by atoms with van der Waals surface area (Å²) in [6.45, 7) is 2.07. The van der Waals surface area contributed by atoms with Crippen LogP contribution >= 0.6 is 23.2 Å². The Morgan fingerprint density at radius 2 is 2.00 bits per heavy atom. The van der Waals surface area contributed by atoms with Crippen LogP contribution in [0, 0.1) is 0 Å². The van der Waals surface area contributed by atoms with Gasteiger partial charge in [-0.25, -0.2) is 0 Å². The SMILES string of the molecule is CCCc1[nH]nc(-c2cccc(OC)c2)c1NC(=O)c1ccc(Cl)c(Cl)c1. The van der Waals surface area contributed by atoms with Crippen molar-refractivity contribution in [2.75, 3.05) is 12.4 Å². The Morgan fingerprint density at radius 1 is 1.19 bits per heavy atom. The van der Waals surface area contributed by atoms with Crippen molar-refractivity contribution in [1.82, 2.24) is 10.2 Å². The van der Waals surface area contributed by atoms with E-state index in [0.717, 1.165) is 24.1 Å². The minimum Gasteiger partial charge on any atom is -0.497 e. The van der Waals surface area contributed by atoms with Gasteiger partial charge in [-0.3, -0.25) is 9.89 Å². The molecule has 0 radical (unpaired) electrons. The van der Waals surface area contributed by atoms with E-state index in [1.807, 2.05) is 24.3 Å². The van der Waals surface area contributed by atoms with Crippen LogP contribution in [0.15, 0.2) is 42.5 Å². The molecule has 0 unspecified atom stereocenters. The number of methoxy groups -OCH3 is 1. The molecule has 0 atom stereocenters. The third-order valence-corrected chi connectivity index (χ3v) is 4.84. The molecule has 0 saturated heterocycles. The van der Waals surface area contributed by atoms with Crippen molar-refractivity contribution < 1.29 is 9.53 Å². The second-order valence-corrected chi connectivity index (χ2v) is 6.81. The van der Waals surface area contributed by atoms with Gasteiger partial charge >= 0.3 is 0 Å². The third-order valence-electron chi connectivity index (χ3n) is 4.10. The summed E-state index contributed by atoms with van der Waals surface area (Å²) >= 11 is 12.0. The molecule has 2 aromatic carbocycles. The molecule has 0 fully saturated rings.